The van der Waals surface area contributed by atoms with Gasteiger partial charge in [0.2, 0.25) is 0 Å². The van der Waals surface area contributed by atoms with Crippen LogP contribution >= 0.6 is 0 Å². The Morgan fingerprint density at radius 2 is 2.18 bits per heavy atom. The smallest absolute Gasteiger partial charge is 0.138 e. The van der Waals surface area contributed by atoms with E-state index in [1.165, 1.54) is 6.33 Å². The molecule has 5 nitrogen and oxygen atoms in total. The van der Waals surface area contributed by atoms with Gasteiger partial charge in [-0.25, -0.2) is 4.98 Å². The molecule has 0 unspecified atom stereocenters. The fourth-order valence-corrected chi connectivity index (χ4v) is 1.80. The van der Waals surface area contributed by atoms with Crippen molar-refractivity contribution in [3.05, 3.63) is 48.2 Å². The summed E-state index contributed by atoms with van der Waals surface area (Å²) in [6, 6.07) is 8.01. The molecule has 5 heteroatoms. The van der Waals surface area contributed by atoms with Crippen LogP contribution < -0.4 is 5.32 Å². The van der Waals surface area contributed by atoms with E-state index in [9.17, 15) is 0 Å². The first-order chi connectivity index (χ1) is 8.43. The van der Waals surface area contributed by atoms with Crippen LogP contribution in [0.2, 0.25) is 0 Å². The molecule has 0 atom stereocenters. The molecule has 2 heterocycles. The van der Waals surface area contributed by atoms with Gasteiger partial charge in [0.25, 0.3) is 0 Å². The highest BCUT2D eigenvalue weighted by Gasteiger charge is 2.04. The highest BCUT2D eigenvalue weighted by Crippen LogP contribution is 2.20. The molecule has 2 aromatic heterocycles. The van der Waals surface area contributed by atoms with E-state index in [4.69, 9.17) is 4.42 Å². The Morgan fingerprint density at radius 3 is 3.06 bits per heavy atom. The molecule has 3 rings (SSSR count). The van der Waals surface area contributed by atoms with Crippen LogP contribution in [0, 0.1) is 0 Å². The van der Waals surface area contributed by atoms with Crippen LogP contribution in [0.25, 0.3) is 11.0 Å². The fourth-order valence-electron chi connectivity index (χ4n) is 1.80. The van der Waals surface area contributed by atoms with Gasteiger partial charge < -0.3 is 9.73 Å². The van der Waals surface area contributed by atoms with E-state index in [0.717, 1.165) is 28.9 Å². The van der Waals surface area contributed by atoms with E-state index in [2.05, 4.69) is 26.6 Å². The summed E-state index contributed by atoms with van der Waals surface area (Å²) in [5, 5.41) is 11.0. The number of nitrogens with zero attached hydrogens (tertiary/aromatic N) is 2. The predicted octanol–water partition coefficient (Wildman–Crippen LogP) is 1.84. The second-order valence-electron chi connectivity index (χ2n) is 3.79. The normalized spacial score (nSPS) is 11.1. The number of aromatic amines is 1. The molecule has 3 aromatic rings. The third-order valence-electron chi connectivity index (χ3n) is 2.63. The summed E-state index contributed by atoms with van der Waals surface area (Å²) >= 11 is 0. The fraction of sp³-hybridized carbons (Fsp3) is 0.167. The maximum atomic E-state index is 5.46. The number of aromatic nitrogens is 3. The number of rotatable bonds is 4. The lowest BCUT2D eigenvalue weighted by molar-refractivity contribution is 0.599. The number of fused-ring (bicyclic) bond motifs is 1. The predicted molar refractivity (Wildman–Crippen MR) is 63.1 cm³/mol. The Balaban J connectivity index is 1.69. The van der Waals surface area contributed by atoms with Gasteiger partial charge >= 0.3 is 0 Å². The van der Waals surface area contributed by atoms with Crippen LogP contribution in [0.15, 0.2) is 41.3 Å². The summed E-state index contributed by atoms with van der Waals surface area (Å²) < 4.78 is 5.46. The average molecular weight is 228 g/mol. The number of hydrogen-bond donors (Lipinski definition) is 2. The van der Waals surface area contributed by atoms with Crippen molar-refractivity contribution in [3.63, 3.8) is 0 Å². The molecule has 2 N–H and O–H groups in total. The number of para-hydroxylation sites is 1. The largest absolute Gasteiger partial charge is 0.464 e. The van der Waals surface area contributed by atoms with Gasteiger partial charge in [-0.1, -0.05) is 18.2 Å². The average Bonchev–Trinajstić information content (AvgIpc) is 2.99. The van der Waals surface area contributed by atoms with E-state index >= 15 is 0 Å². The summed E-state index contributed by atoms with van der Waals surface area (Å²) in [6.45, 7) is 1.41. The van der Waals surface area contributed by atoms with Gasteiger partial charge in [-0.05, 0) is 6.07 Å². The van der Waals surface area contributed by atoms with Crippen molar-refractivity contribution >= 4 is 11.0 Å². The minimum atomic E-state index is 0.666. The van der Waals surface area contributed by atoms with E-state index in [-0.39, 0.29) is 0 Å². The molecule has 0 aliphatic carbocycles. The second kappa shape index (κ2) is 4.39. The molecule has 86 valence electrons. The first kappa shape index (κ1) is 10.0. The molecular formula is C12H12N4O. The zero-order valence-corrected chi connectivity index (χ0v) is 9.18. The van der Waals surface area contributed by atoms with Gasteiger partial charge in [-0.2, -0.15) is 5.10 Å². The number of nitrogens with one attached hydrogen (secondary N) is 2. The van der Waals surface area contributed by atoms with Crippen molar-refractivity contribution in [1.29, 1.82) is 0 Å². The maximum Gasteiger partial charge on any atom is 0.138 e. The highest BCUT2D eigenvalue weighted by molar-refractivity contribution is 5.80. The van der Waals surface area contributed by atoms with Crippen molar-refractivity contribution in [2.75, 3.05) is 0 Å². The first-order valence-electron chi connectivity index (χ1n) is 5.43. The minimum absolute atomic E-state index is 0.666. The van der Waals surface area contributed by atoms with E-state index < -0.39 is 0 Å². The summed E-state index contributed by atoms with van der Waals surface area (Å²) in [6.07, 6.45) is 3.29. The Kier molecular flexibility index (Phi) is 2.59. The molecule has 0 bridgehead atoms. The lowest BCUT2D eigenvalue weighted by Crippen LogP contribution is -2.13. The quantitative estimate of drug-likeness (QED) is 0.715. The SMILES string of the molecule is c1ccc2c(CNCc3ncn[nH]3)coc2c1. The molecule has 1 aromatic carbocycles. The van der Waals surface area contributed by atoms with Crippen molar-refractivity contribution in [1.82, 2.24) is 20.5 Å². The Labute approximate surface area is 97.9 Å². The van der Waals surface area contributed by atoms with Gasteiger partial charge in [0, 0.05) is 17.5 Å². The maximum absolute atomic E-state index is 5.46. The molecule has 17 heavy (non-hydrogen) atoms. The summed E-state index contributed by atoms with van der Waals surface area (Å²) in [5.74, 6) is 0.831. The molecule has 0 spiro atoms. The van der Waals surface area contributed by atoms with E-state index in [1.807, 2.05) is 18.2 Å². The third kappa shape index (κ3) is 2.05. The summed E-state index contributed by atoms with van der Waals surface area (Å²) in [5.41, 5.74) is 2.07. The van der Waals surface area contributed by atoms with Gasteiger partial charge in [-0.3, -0.25) is 5.10 Å². The molecular weight excluding hydrogens is 216 g/mol. The van der Waals surface area contributed by atoms with Gasteiger partial charge in [0.15, 0.2) is 0 Å². The number of H-pyrrole nitrogens is 1. The first-order valence-corrected chi connectivity index (χ1v) is 5.43. The molecule has 0 fully saturated rings. The number of hydrogen-bond acceptors (Lipinski definition) is 4. The monoisotopic (exact) mass is 228 g/mol. The van der Waals surface area contributed by atoms with Gasteiger partial charge in [0.1, 0.15) is 17.7 Å². The number of benzene rings is 1. The second-order valence-corrected chi connectivity index (χ2v) is 3.79. The van der Waals surface area contributed by atoms with E-state index in [0.29, 0.717) is 6.54 Å². The summed E-state index contributed by atoms with van der Waals surface area (Å²) in [7, 11) is 0. The van der Waals surface area contributed by atoms with Gasteiger partial charge in [0.05, 0.1) is 12.8 Å². The Morgan fingerprint density at radius 1 is 1.24 bits per heavy atom. The van der Waals surface area contributed by atoms with Crippen LogP contribution in [0.3, 0.4) is 0 Å². The van der Waals surface area contributed by atoms with Crippen LogP contribution in [-0.2, 0) is 13.1 Å². The van der Waals surface area contributed by atoms with Crippen molar-refractivity contribution in [3.8, 4) is 0 Å². The lowest BCUT2D eigenvalue weighted by atomic mass is 10.2. The van der Waals surface area contributed by atoms with E-state index in [1.54, 1.807) is 6.26 Å². The molecule has 0 saturated carbocycles. The molecule has 0 radical (unpaired) electrons. The summed E-state index contributed by atoms with van der Waals surface area (Å²) in [4.78, 5) is 4.04. The van der Waals surface area contributed by atoms with Crippen molar-refractivity contribution in [2.24, 2.45) is 0 Å². The molecule has 0 amide bonds. The van der Waals surface area contributed by atoms with Crippen LogP contribution in [0.1, 0.15) is 11.4 Å². The van der Waals surface area contributed by atoms with Crippen LogP contribution in [-0.4, -0.2) is 15.2 Å². The van der Waals surface area contributed by atoms with Gasteiger partial charge in [-0.15, -0.1) is 0 Å². The van der Waals surface area contributed by atoms with Crippen LogP contribution in [0.5, 0.6) is 0 Å². The molecule has 0 saturated heterocycles. The zero-order valence-electron chi connectivity index (χ0n) is 9.18. The third-order valence-corrected chi connectivity index (χ3v) is 2.63. The standard InChI is InChI=1S/C12H12N4O/c1-2-4-11-10(3-1)9(7-17-11)5-13-6-12-14-8-15-16-12/h1-4,7-8,13H,5-6H2,(H,14,15,16). The highest BCUT2D eigenvalue weighted by atomic mass is 16.3. The molecule has 0 aliphatic heterocycles. The molecule has 0 aliphatic rings. The number of furan rings is 1. The van der Waals surface area contributed by atoms with Crippen molar-refractivity contribution < 1.29 is 4.42 Å². The Bertz CT molecular complexity index is 600. The van der Waals surface area contributed by atoms with Crippen molar-refractivity contribution in [2.45, 2.75) is 13.1 Å². The zero-order chi connectivity index (χ0) is 11.5. The van der Waals surface area contributed by atoms with Crippen LogP contribution in [0.4, 0.5) is 0 Å². The minimum Gasteiger partial charge on any atom is -0.464 e. The topological polar surface area (TPSA) is 66.7 Å². The Hall–Kier alpha value is -2.14. The lowest BCUT2D eigenvalue weighted by Gasteiger charge is -2.00.